The molecule has 6 atom stereocenters. The van der Waals surface area contributed by atoms with Crippen LogP contribution in [0.5, 0.6) is 11.5 Å². The lowest BCUT2D eigenvalue weighted by Crippen LogP contribution is -2.53. The molecule has 0 spiro atoms. The summed E-state index contributed by atoms with van der Waals surface area (Å²) in [5.74, 6) is -6.38. The van der Waals surface area contributed by atoms with E-state index in [0.717, 1.165) is 16.3 Å². The van der Waals surface area contributed by atoms with Gasteiger partial charge in [0.15, 0.2) is 11.5 Å². The lowest BCUT2D eigenvalue weighted by molar-refractivity contribution is -0.138. The number of aromatic hydroxyl groups is 1. The van der Waals surface area contributed by atoms with Crippen LogP contribution in [0.3, 0.4) is 0 Å². The van der Waals surface area contributed by atoms with Gasteiger partial charge in [0.25, 0.3) is 11.8 Å². The molecule has 12 nitrogen and oxygen atoms in total. The molecule has 1 saturated carbocycles. The number of phenols is 1. The molecule has 6 unspecified atom stereocenters. The highest BCUT2D eigenvalue weighted by Crippen LogP contribution is 2.64. The number of hydrogen-bond acceptors (Lipinski definition) is 10. The molecule has 0 radical (unpaired) electrons. The highest BCUT2D eigenvalue weighted by Gasteiger charge is 2.70. The predicted octanol–water partition coefficient (Wildman–Crippen LogP) is 9.25. The van der Waals surface area contributed by atoms with Gasteiger partial charge >= 0.3 is 0 Å². The van der Waals surface area contributed by atoms with Crippen molar-refractivity contribution in [3.63, 3.8) is 0 Å². The van der Waals surface area contributed by atoms with Crippen molar-refractivity contribution in [1.29, 1.82) is 0 Å². The summed E-state index contributed by atoms with van der Waals surface area (Å²) in [6.45, 7) is 2.03. The summed E-state index contributed by atoms with van der Waals surface area (Å²) >= 11 is 6.41. The maximum absolute atomic E-state index is 15.4. The van der Waals surface area contributed by atoms with Gasteiger partial charge in [-0.2, -0.15) is 15.2 Å². The van der Waals surface area contributed by atoms with Crippen LogP contribution >= 0.6 is 11.6 Å². The Morgan fingerprint density at radius 3 is 2.15 bits per heavy atom. The van der Waals surface area contributed by atoms with Gasteiger partial charge in [-0.1, -0.05) is 41.4 Å². The van der Waals surface area contributed by atoms with Crippen LogP contribution < -0.4 is 20.0 Å². The van der Waals surface area contributed by atoms with Gasteiger partial charge in [0.1, 0.15) is 5.82 Å². The van der Waals surface area contributed by atoms with Gasteiger partial charge in [-0.25, -0.2) is 4.39 Å². The molecule has 0 bridgehead atoms. The number of carbonyl (C=O) groups is 4. The molecule has 2 aliphatic heterocycles. The van der Waals surface area contributed by atoms with E-state index in [1.165, 1.54) is 35.2 Å². The number of rotatable bonds is 10. The number of fused-ring (bicyclic) bond motifs is 4. The van der Waals surface area contributed by atoms with Gasteiger partial charge in [-0.15, -0.1) is 0 Å². The molecule has 62 heavy (non-hydrogen) atoms. The first kappa shape index (κ1) is 40.5. The van der Waals surface area contributed by atoms with Gasteiger partial charge in [0.05, 0.1) is 52.5 Å². The van der Waals surface area contributed by atoms with Crippen LogP contribution in [0.25, 0.3) is 0 Å². The molecule has 2 N–H and O–H groups in total. The molecule has 4 aliphatic rings. The smallest absolute Gasteiger partial charge is 0.260 e. The van der Waals surface area contributed by atoms with Crippen LogP contribution in [0.4, 0.5) is 32.8 Å². The minimum atomic E-state index is -1.59. The van der Waals surface area contributed by atoms with Gasteiger partial charge in [-0.3, -0.25) is 29.5 Å². The highest BCUT2D eigenvalue weighted by atomic mass is 35.5. The molecule has 0 aromatic heterocycles. The highest BCUT2D eigenvalue weighted by molar-refractivity contribution is 6.30. The summed E-state index contributed by atoms with van der Waals surface area (Å²) in [6, 6.07) is 31.3. The summed E-state index contributed by atoms with van der Waals surface area (Å²) in [7, 11) is 3.91. The topological polar surface area (TPSA) is 144 Å². The van der Waals surface area contributed by atoms with Crippen LogP contribution in [0.2, 0.25) is 5.02 Å². The van der Waals surface area contributed by atoms with Crippen molar-refractivity contribution < 1.29 is 33.4 Å². The molecule has 2 aliphatic carbocycles. The largest absolute Gasteiger partial charge is 0.504 e. The fourth-order valence-electron chi connectivity index (χ4n) is 9.87. The number of azo groups is 1. The number of carbonyl (C=O) groups excluding carboxylic acids is 4. The normalized spacial score (nSPS) is 24.2. The number of anilines is 3. The zero-order valence-corrected chi connectivity index (χ0v) is 34.8. The van der Waals surface area contributed by atoms with E-state index in [4.69, 9.17) is 16.3 Å². The zero-order chi connectivity index (χ0) is 43.4. The van der Waals surface area contributed by atoms with Gasteiger partial charge < -0.3 is 14.7 Å². The van der Waals surface area contributed by atoms with Crippen molar-refractivity contribution >= 4 is 63.7 Å². The second kappa shape index (κ2) is 15.9. The SMILES string of the molecule is CCOc1cc(C2C3=CCC4C(=O)N(c5ccc(N=Nc6ccc(N(C)C)cc6)cc5)C(=O)C4C3CC3C(=O)N(Nc4ccc(F)cc4)C(=O)C32c2ccc(Cl)cc2)ccc1O. The third-order valence-corrected chi connectivity index (χ3v) is 12.9. The maximum Gasteiger partial charge on any atom is 0.260 e. The van der Waals surface area contributed by atoms with E-state index in [-0.39, 0.29) is 36.9 Å². The van der Waals surface area contributed by atoms with E-state index >= 15 is 4.79 Å². The predicted molar refractivity (Wildman–Crippen MR) is 232 cm³/mol. The summed E-state index contributed by atoms with van der Waals surface area (Å²) in [6.07, 6.45) is 2.23. The van der Waals surface area contributed by atoms with Crippen LogP contribution in [0.1, 0.15) is 36.8 Å². The Morgan fingerprint density at radius 1 is 0.839 bits per heavy atom. The van der Waals surface area contributed by atoms with Crippen LogP contribution in [-0.4, -0.2) is 54.4 Å². The molecule has 314 valence electrons. The van der Waals surface area contributed by atoms with Gasteiger partial charge in [-0.05, 0) is 134 Å². The first-order valence-electron chi connectivity index (χ1n) is 20.4. The number of hydrogen-bond donors (Lipinski definition) is 2. The van der Waals surface area contributed by atoms with Crippen molar-refractivity contribution in [2.45, 2.75) is 31.1 Å². The Hall–Kier alpha value is -6.86. The monoisotopic (exact) mass is 852 g/mol. The fraction of sp³-hybridized carbons (Fsp3) is 0.250. The van der Waals surface area contributed by atoms with Gasteiger partial charge in [0.2, 0.25) is 11.8 Å². The molecular formula is C48H42ClFN6O6. The van der Waals surface area contributed by atoms with Crippen LogP contribution in [0.15, 0.2) is 137 Å². The lowest BCUT2D eigenvalue weighted by atomic mass is 9.49. The van der Waals surface area contributed by atoms with E-state index in [1.54, 1.807) is 67.6 Å². The number of ether oxygens (including phenoxy) is 1. The van der Waals surface area contributed by atoms with Crippen molar-refractivity contribution in [2.75, 3.05) is 35.9 Å². The number of hydrazine groups is 1. The molecular weight excluding hydrogens is 811 g/mol. The average Bonchev–Trinajstić information content (AvgIpc) is 3.65. The molecule has 2 saturated heterocycles. The third kappa shape index (κ3) is 6.67. The Morgan fingerprint density at radius 2 is 1.50 bits per heavy atom. The Labute approximate surface area is 362 Å². The van der Waals surface area contributed by atoms with Crippen LogP contribution in [-0.2, 0) is 24.6 Å². The molecule has 5 aromatic rings. The van der Waals surface area contributed by atoms with E-state index in [1.807, 2.05) is 49.3 Å². The number of allylic oxidation sites excluding steroid dienone is 2. The van der Waals surface area contributed by atoms with Crippen molar-refractivity contribution in [3.8, 4) is 11.5 Å². The van der Waals surface area contributed by atoms with E-state index in [2.05, 4.69) is 15.7 Å². The molecule has 14 heteroatoms. The van der Waals surface area contributed by atoms with Gasteiger partial charge in [0, 0.05) is 30.7 Å². The van der Waals surface area contributed by atoms with Crippen molar-refractivity contribution in [1.82, 2.24) is 5.01 Å². The number of amides is 4. The standard InChI is InChI=1S/C48H42ClFN6O6/c1-4-62-41-25-27(5-24-40(41)57)43-36-22-23-37-42(46(60)55(44(37)58)35-20-16-32(17-21-35)52-51-31-14-18-34(19-15-31)54(2)3)38(36)26-39-45(59)56(53-33-12-10-30(50)11-13-33)47(61)48(39,43)28-6-8-29(49)9-7-28/h5-22,24-25,37-39,42-43,53,57H,4,23,26H2,1-3H3. The summed E-state index contributed by atoms with van der Waals surface area (Å²) in [5, 5.41) is 21.0. The molecule has 5 aromatic carbocycles. The molecule has 2 heterocycles. The number of halogens is 2. The summed E-state index contributed by atoms with van der Waals surface area (Å²) < 4.78 is 19.8. The average molecular weight is 853 g/mol. The first-order valence-corrected chi connectivity index (χ1v) is 20.8. The van der Waals surface area contributed by atoms with E-state index in [0.29, 0.717) is 38.9 Å². The number of benzene rings is 5. The Balaban J connectivity index is 1.12. The van der Waals surface area contributed by atoms with E-state index < -0.39 is 58.5 Å². The minimum Gasteiger partial charge on any atom is -0.504 e. The Kier molecular flexibility index (Phi) is 10.4. The van der Waals surface area contributed by atoms with Crippen molar-refractivity contribution in [3.05, 3.63) is 149 Å². The number of phenolic OH excluding ortho intramolecular Hbond substituents is 1. The Bertz CT molecular complexity index is 2650. The number of nitrogens with zero attached hydrogens (tertiary/aromatic N) is 5. The molecule has 4 amide bonds. The zero-order valence-electron chi connectivity index (χ0n) is 34.0. The number of nitrogens with one attached hydrogen (secondary N) is 1. The third-order valence-electron chi connectivity index (χ3n) is 12.6. The van der Waals surface area contributed by atoms with Crippen molar-refractivity contribution in [2.24, 2.45) is 33.9 Å². The fourth-order valence-corrected chi connectivity index (χ4v) is 9.99. The second-order valence-electron chi connectivity index (χ2n) is 16.2. The lowest BCUT2D eigenvalue weighted by Gasteiger charge is -2.50. The minimum absolute atomic E-state index is 0.0659. The molecule has 3 fully saturated rings. The quantitative estimate of drug-likeness (QED) is 0.0804. The molecule has 9 rings (SSSR count). The van der Waals surface area contributed by atoms with E-state index in [9.17, 15) is 23.9 Å². The van der Waals surface area contributed by atoms with Crippen LogP contribution in [0, 0.1) is 29.5 Å². The summed E-state index contributed by atoms with van der Waals surface area (Å²) in [4.78, 5) is 62.8. The second-order valence-corrected chi connectivity index (χ2v) is 16.6. The summed E-state index contributed by atoms with van der Waals surface area (Å²) in [5.41, 5.74) is 6.11. The number of imide groups is 2. The maximum atomic E-state index is 15.4. The first-order chi connectivity index (χ1) is 29.9.